The molecule has 0 aliphatic carbocycles. The number of nitrogens with zero attached hydrogens (tertiary/aromatic N) is 5. The Balaban J connectivity index is 1.38. The summed E-state index contributed by atoms with van der Waals surface area (Å²) in [4.78, 5) is 37.3. The molecule has 1 aliphatic heterocycles. The summed E-state index contributed by atoms with van der Waals surface area (Å²) in [5, 5.41) is 6.30. The normalized spacial score (nSPS) is 14.3. The number of amides is 2. The highest BCUT2D eigenvalue weighted by atomic mass is 32.1. The average Bonchev–Trinajstić information content (AvgIpc) is 3.43. The summed E-state index contributed by atoms with van der Waals surface area (Å²) in [6.07, 6.45) is 4.74. The van der Waals surface area contributed by atoms with Crippen molar-refractivity contribution in [1.29, 1.82) is 0 Å². The van der Waals surface area contributed by atoms with Gasteiger partial charge in [-0.1, -0.05) is 0 Å². The van der Waals surface area contributed by atoms with Crippen LogP contribution in [0.1, 0.15) is 31.3 Å². The summed E-state index contributed by atoms with van der Waals surface area (Å²) in [6.45, 7) is 7.92. The van der Waals surface area contributed by atoms with E-state index < -0.39 is 5.60 Å². The standard InChI is InChI=1S/C21H24N6O3S2/c1-21(2,3)30-20(29)27-10-8-26(9-11-27)19-15(12-23-32-19)24-17(28)16-13-31-18(25-16)14-4-6-22-7-5-14/h4-7,12-13H,8-11H2,1-3H3,(H,24,28). The lowest BCUT2D eigenvalue weighted by Crippen LogP contribution is -2.50. The highest BCUT2D eigenvalue weighted by Gasteiger charge is 2.28. The summed E-state index contributed by atoms with van der Waals surface area (Å²) < 4.78 is 9.71. The molecule has 0 bridgehead atoms. The summed E-state index contributed by atoms with van der Waals surface area (Å²) in [5.41, 5.74) is 1.40. The molecule has 168 valence electrons. The number of anilines is 2. The van der Waals surface area contributed by atoms with Crippen LogP contribution in [0.15, 0.2) is 36.1 Å². The van der Waals surface area contributed by atoms with Gasteiger partial charge < -0.3 is 19.9 Å². The Hall–Kier alpha value is -3.05. The lowest BCUT2D eigenvalue weighted by atomic mass is 10.2. The van der Waals surface area contributed by atoms with Crippen LogP contribution in [0, 0.1) is 0 Å². The van der Waals surface area contributed by atoms with Crippen LogP contribution < -0.4 is 10.2 Å². The van der Waals surface area contributed by atoms with Gasteiger partial charge in [0.1, 0.15) is 21.3 Å². The molecule has 0 atom stereocenters. The maximum absolute atomic E-state index is 12.8. The van der Waals surface area contributed by atoms with E-state index >= 15 is 0 Å². The van der Waals surface area contributed by atoms with Crippen LogP contribution in [-0.2, 0) is 4.74 Å². The minimum Gasteiger partial charge on any atom is -0.444 e. The van der Waals surface area contributed by atoms with Gasteiger partial charge in [-0.2, -0.15) is 4.37 Å². The van der Waals surface area contributed by atoms with Crippen LogP contribution in [0.2, 0.25) is 0 Å². The number of carbonyl (C=O) groups excluding carboxylic acids is 2. The molecule has 1 aliphatic rings. The molecule has 4 rings (SSSR count). The molecular formula is C21H24N6O3S2. The third-order valence-electron chi connectivity index (χ3n) is 4.68. The van der Waals surface area contributed by atoms with Gasteiger partial charge in [0.15, 0.2) is 0 Å². The Bertz CT molecular complexity index is 1080. The summed E-state index contributed by atoms with van der Waals surface area (Å²) in [6, 6.07) is 3.72. The largest absolute Gasteiger partial charge is 0.444 e. The lowest BCUT2D eigenvalue weighted by Gasteiger charge is -2.36. The first-order valence-electron chi connectivity index (χ1n) is 10.1. The molecule has 1 saturated heterocycles. The summed E-state index contributed by atoms with van der Waals surface area (Å²) in [7, 11) is 0. The molecule has 0 aromatic carbocycles. The van der Waals surface area contributed by atoms with Gasteiger partial charge in [-0.05, 0) is 44.4 Å². The van der Waals surface area contributed by atoms with Crippen LogP contribution in [0.4, 0.5) is 15.5 Å². The number of ether oxygens (including phenoxy) is 1. The number of rotatable bonds is 4. The molecule has 2 amide bonds. The van der Waals surface area contributed by atoms with Crippen molar-refractivity contribution in [3.05, 3.63) is 41.8 Å². The lowest BCUT2D eigenvalue weighted by molar-refractivity contribution is 0.0241. The summed E-state index contributed by atoms with van der Waals surface area (Å²) >= 11 is 2.73. The van der Waals surface area contributed by atoms with E-state index in [9.17, 15) is 9.59 Å². The van der Waals surface area contributed by atoms with Crippen molar-refractivity contribution in [2.24, 2.45) is 0 Å². The highest BCUT2D eigenvalue weighted by molar-refractivity contribution is 7.13. The quantitative estimate of drug-likeness (QED) is 0.613. The fourth-order valence-electron chi connectivity index (χ4n) is 3.16. The van der Waals surface area contributed by atoms with Gasteiger partial charge in [-0.25, -0.2) is 9.78 Å². The van der Waals surface area contributed by atoms with E-state index in [0.29, 0.717) is 37.6 Å². The van der Waals surface area contributed by atoms with Crippen LogP contribution >= 0.6 is 22.9 Å². The maximum Gasteiger partial charge on any atom is 0.410 e. The van der Waals surface area contributed by atoms with Crippen LogP contribution in [0.3, 0.4) is 0 Å². The van der Waals surface area contributed by atoms with Gasteiger partial charge in [0.05, 0.1) is 11.9 Å². The second-order valence-corrected chi connectivity index (χ2v) is 9.87. The molecule has 32 heavy (non-hydrogen) atoms. The number of hydrogen-bond acceptors (Lipinski definition) is 9. The number of hydrogen-bond donors (Lipinski definition) is 1. The predicted molar refractivity (Wildman–Crippen MR) is 125 cm³/mol. The summed E-state index contributed by atoms with van der Waals surface area (Å²) in [5.74, 6) is -0.282. The SMILES string of the molecule is CC(C)(C)OC(=O)N1CCN(c2sncc2NC(=O)c2csc(-c3ccncc3)n2)CC1. The molecule has 0 radical (unpaired) electrons. The zero-order chi connectivity index (χ0) is 22.7. The van der Waals surface area contributed by atoms with Gasteiger partial charge in [0.25, 0.3) is 5.91 Å². The minimum absolute atomic E-state index is 0.282. The number of thiazole rings is 1. The van der Waals surface area contributed by atoms with Crippen molar-refractivity contribution in [2.75, 3.05) is 36.4 Å². The van der Waals surface area contributed by atoms with Crippen LogP contribution in [0.25, 0.3) is 10.6 Å². The zero-order valence-electron chi connectivity index (χ0n) is 18.1. The second-order valence-electron chi connectivity index (χ2n) is 8.23. The van der Waals surface area contributed by atoms with Crippen molar-refractivity contribution in [1.82, 2.24) is 19.2 Å². The molecule has 0 saturated carbocycles. The fourth-order valence-corrected chi connectivity index (χ4v) is 4.72. The van der Waals surface area contributed by atoms with Crippen molar-refractivity contribution < 1.29 is 14.3 Å². The van der Waals surface area contributed by atoms with Gasteiger partial charge in [0, 0.05) is 49.5 Å². The molecular weight excluding hydrogens is 448 g/mol. The second kappa shape index (κ2) is 9.21. The smallest absolute Gasteiger partial charge is 0.410 e. The Labute approximate surface area is 194 Å². The Kier molecular flexibility index (Phi) is 6.38. The number of aromatic nitrogens is 3. The molecule has 0 spiro atoms. The van der Waals surface area contributed by atoms with Crippen molar-refractivity contribution in [2.45, 2.75) is 26.4 Å². The van der Waals surface area contributed by atoms with Gasteiger partial charge in [-0.15, -0.1) is 11.3 Å². The molecule has 9 nitrogen and oxygen atoms in total. The van der Waals surface area contributed by atoms with Crippen LogP contribution in [0.5, 0.6) is 0 Å². The van der Waals surface area contributed by atoms with Gasteiger partial charge in [0.2, 0.25) is 0 Å². The molecule has 11 heteroatoms. The van der Waals surface area contributed by atoms with Crippen LogP contribution in [-0.4, -0.2) is 63.0 Å². The van der Waals surface area contributed by atoms with E-state index in [4.69, 9.17) is 4.74 Å². The Morgan fingerprint density at radius 1 is 1.12 bits per heavy atom. The maximum atomic E-state index is 12.8. The molecule has 1 N–H and O–H groups in total. The first-order chi connectivity index (χ1) is 15.3. The third kappa shape index (κ3) is 5.22. The monoisotopic (exact) mass is 472 g/mol. The number of nitrogens with one attached hydrogen (secondary N) is 1. The predicted octanol–water partition coefficient (Wildman–Crippen LogP) is 3.97. The molecule has 0 unspecified atom stereocenters. The van der Waals surface area contributed by atoms with E-state index in [2.05, 4.69) is 24.6 Å². The van der Waals surface area contributed by atoms with E-state index in [-0.39, 0.29) is 12.0 Å². The van der Waals surface area contributed by atoms with Crippen molar-refractivity contribution in [3.8, 4) is 10.6 Å². The molecule has 4 heterocycles. The number of pyridine rings is 1. The van der Waals surface area contributed by atoms with Gasteiger partial charge in [-0.3, -0.25) is 9.78 Å². The van der Waals surface area contributed by atoms with Crippen molar-refractivity contribution in [3.63, 3.8) is 0 Å². The molecule has 3 aromatic heterocycles. The van der Waals surface area contributed by atoms with E-state index in [0.717, 1.165) is 15.6 Å². The Morgan fingerprint density at radius 3 is 2.53 bits per heavy atom. The number of piperazine rings is 1. The molecule has 1 fully saturated rings. The topological polar surface area (TPSA) is 101 Å². The zero-order valence-corrected chi connectivity index (χ0v) is 19.7. The third-order valence-corrected chi connectivity index (χ3v) is 6.44. The first kappa shape index (κ1) is 22.2. The van der Waals surface area contributed by atoms with Gasteiger partial charge >= 0.3 is 6.09 Å². The first-order valence-corrected chi connectivity index (χ1v) is 11.8. The van der Waals surface area contributed by atoms with E-state index in [1.807, 2.05) is 32.9 Å². The highest BCUT2D eigenvalue weighted by Crippen LogP contribution is 2.32. The Morgan fingerprint density at radius 2 is 1.84 bits per heavy atom. The van der Waals surface area contributed by atoms with E-state index in [1.165, 1.54) is 22.9 Å². The fraction of sp³-hybridized carbons (Fsp3) is 0.381. The molecule has 3 aromatic rings. The van der Waals surface area contributed by atoms with E-state index in [1.54, 1.807) is 28.9 Å². The average molecular weight is 473 g/mol. The number of carbonyl (C=O) groups is 2. The minimum atomic E-state index is -0.518. The van der Waals surface area contributed by atoms with Crippen molar-refractivity contribution >= 4 is 45.6 Å².